The Morgan fingerprint density at radius 1 is 1.61 bits per heavy atom. The minimum absolute atomic E-state index is 0.0423. The number of nitrogens with zero attached hydrogens (tertiary/aromatic N) is 3. The number of nitrogens with two attached hydrogens (primary N) is 1. The van der Waals surface area contributed by atoms with Crippen LogP contribution in [0.2, 0.25) is 0 Å². The van der Waals surface area contributed by atoms with Crippen molar-refractivity contribution in [3.8, 4) is 0 Å². The van der Waals surface area contributed by atoms with E-state index in [-0.39, 0.29) is 12.5 Å². The monoisotopic (exact) mass is 268 g/mol. The number of allylic oxidation sites excluding steroid dienone is 2. The molecule has 0 aliphatic heterocycles. The van der Waals surface area contributed by atoms with Gasteiger partial charge in [0.1, 0.15) is 0 Å². The average molecular weight is 268 g/mol. The molecule has 0 atom stereocenters. The molecule has 1 aromatic heterocycles. The second kappa shape index (κ2) is 6.01. The van der Waals surface area contributed by atoms with Crippen molar-refractivity contribution in [2.24, 2.45) is 5.73 Å². The molecule has 7 heteroatoms. The van der Waals surface area contributed by atoms with Gasteiger partial charge in [0, 0.05) is 12.7 Å². The summed E-state index contributed by atoms with van der Waals surface area (Å²) in [6.07, 6.45) is 5.28. The van der Waals surface area contributed by atoms with Crippen LogP contribution in [0.25, 0.3) is 0 Å². The van der Waals surface area contributed by atoms with Gasteiger partial charge < -0.3 is 15.1 Å². The van der Waals surface area contributed by atoms with Gasteiger partial charge in [0.05, 0.1) is 12.3 Å². The Hall–Kier alpha value is -1.34. The summed E-state index contributed by atoms with van der Waals surface area (Å²) in [6, 6.07) is 0. The molecule has 0 unspecified atom stereocenters. The van der Waals surface area contributed by atoms with Crippen molar-refractivity contribution in [3.63, 3.8) is 0 Å². The number of aromatic nitrogens is 2. The number of carbonyl (C=O) groups excluding carboxylic acids is 1. The molecule has 2 N–H and O–H groups in total. The zero-order valence-corrected chi connectivity index (χ0v) is 11.1. The molecule has 6 nitrogen and oxygen atoms in total. The van der Waals surface area contributed by atoms with E-state index in [9.17, 15) is 4.79 Å². The van der Waals surface area contributed by atoms with Gasteiger partial charge in [-0.15, -0.1) is 10.2 Å². The van der Waals surface area contributed by atoms with Crippen molar-refractivity contribution in [2.75, 3.05) is 12.8 Å². The minimum Gasteiger partial charge on any atom is -0.415 e. The topological polar surface area (TPSA) is 85.2 Å². The van der Waals surface area contributed by atoms with Crippen LogP contribution in [-0.4, -0.2) is 33.8 Å². The number of carbonyl (C=O) groups is 1. The van der Waals surface area contributed by atoms with Gasteiger partial charge in [-0.25, -0.2) is 0 Å². The van der Waals surface area contributed by atoms with Crippen LogP contribution in [0, 0.1) is 0 Å². The molecule has 1 aromatic rings. The van der Waals surface area contributed by atoms with E-state index in [2.05, 4.69) is 16.3 Å². The summed E-state index contributed by atoms with van der Waals surface area (Å²) in [6.45, 7) is 0.217. The Morgan fingerprint density at radius 2 is 2.44 bits per heavy atom. The summed E-state index contributed by atoms with van der Waals surface area (Å²) in [7, 11) is 1.80. The third-order valence-corrected chi connectivity index (χ3v) is 3.57. The first kappa shape index (κ1) is 13.1. The Labute approximate surface area is 110 Å². The van der Waals surface area contributed by atoms with Crippen molar-refractivity contribution in [1.82, 2.24) is 15.1 Å². The molecule has 98 valence electrons. The van der Waals surface area contributed by atoms with Gasteiger partial charge in [-0.1, -0.05) is 17.8 Å². The second-order valence-corrected chi connectivity index (χ2v) is 4.92. The summed E-state index contributed by atoms with van der Waals surface area (Å²) >= 11 is 1.24. The van der Waals surface area contributed by atoms with Gasteiger partial charge in [0.15, 0.2) is 0 Å². The Bertz CT molecular complexity index is 458. The average Bonchev–Trinajstić information content (AvgIpc) is 3.05. The van der Waals surface area contributed by atoms with Crippen LogP contribution >= 0.6 is 11.8 Å². The lowest BCUT2D eigenvalue weighted by Gasteiger charge is -2.17. The normalized spacial score (nSPS) is 14.7. The summed E-state index contributed by atoms with van der Waals surface area (Å²) in [5, 5.41) is 7.92. The van der Waals surface area contributed by atoms with Crippen molar-refractivity contribution >= 4 is 17.7 Å². The lowest BCUT2D eigenvalue weighted by Crippen LogP contribution is -2.26. The molecular weight excluding hydrogens is 252 g/mol. The van der Waals surface area contributed by atoms with Gasteiger partial charge in [-0.3, -0.25) is 4.79 Å². The molecule has 0 aromatic carbocycles. The van der Waals surface area contributed by atoms with E-state index in [4.69, 9.17) is 10.2 Å². The molecule has 0 fully saturated rings. The molecule has 2 rings (SSSR count). The molecule has 1 aliphatic carbocycles. The fourth-order valence-electron chi connectivity index (χ4n) is 1.72. The smallest absolute Gasteiger partial charge is 0.277 e. The van der Waals surface area contributed by atoms with E-state index < -0.39 is 0 Å². The van der Waals surface area contributed by atoms with E-state index in [0.29, 0.717) is 16.9 Å². The molecule has 1 aliphatic rings. The maximum atomic E-state index is 11.9. The quantitative estimate of drug-likeness (QED) is 0.806. The van der Waals surface area contributed by atoms with Crippen LogP contribution < -0.4 is 5.73 Å². The lowest BCUT2D eigenvalue weighted by atomic mass is 10.3. The van der Waals surface area contributed by atoms with E-state index >= 15 is 0 Å². The highest BCUT2D eigenvalue weighted by molar-refractivity contribution is 7.99. The van der Waals surface area contributed by atoms with Crippen molar-refractivity contribution in [3.05, 3.63) is 17.7 Å². The first-order valence-corrected chi connectivity index (χ1v) is 6.80. The van der Waals surface area contributed by atoms with Crippen molar-refractivity contribution in [1.29, 1.82) is 0 Å². The number of thioether (sulfide) groups is 1. The van der Waals surface area contributed by atoms with Gasteiger partial charge in [-0.05, 0) is 19.3 Å². The maximum absolute atomic E-state index is 11.9. The van der Waals surface area contributed by atoms with Crippen LogP contribution in [0.1, 0.15) is 25.2 Å². The number of amides is 1. The third kappa shape index (κ3) is 3.11. The largest absolute Gasteiger partial charge is 0.415 e. The molecule has 1 amide bonds. The molecule has 0 saturated heterocycles. The fraction of sp³-hybridized carbons (Fsp3) is 0.545. The highest BCUT2D eigenvalue weighted by atomic mass is 32.2. The van der Waals surface area contributed by atoms with Crippen LogP contribution in [-0.2, 0) is 11.3 Å². The van der Waals surface area contributed by atoms with E-state index in [1.54, 1.807) is 11.9 Å². The minimum atomic E-state index is 0.0423. The molecule has 0 spiro atoms. The van der Waals surface area contributed by atoms with Gasteiger partial charge in [0.2, 0.25) is 11.8 Å². The predicted octanol–water partition coefficient (Wildman–Crippen LogP) is 1.15. The Morgan fingerprint density at radius 3 is 3.06 bits per heavy atom. The van der Waals surface area contributed by atoms with Crippen molar-refractivity contribution < 1.29 is 9.21 Å². The highest BCUT2D eigenvalue weighted by Crippen LogP contribution is 2.22. The molecule has 1 heterocycles. The summed E-state index contributed by atoms with van der Waals surface area (Å²) in [5.74, 6) is 0.720. The van der Waals surface area contributed by atoms with Gasteiger partial charge >= 0.3 is 0 Å². The number of hydrogen-bond donors (Lipinski definition) is 1. The first-order chi connectivity index (χ1) is 8.70. The lowest BCUT2D eigenvalue weighted by molar-refractivity contribution is -0.125. The van der Waals surface area contributed by atoms with Crippen molar-refractivity contribution in [2.45, 2.75) is 31.0 Å². The summed E-state index contributed by atoms with van der Waals surface area (Å²) in [4.78, 5) is 13.6. The summed E-state index contributed by atoms with van der Waals surface area (Å²) in [5.41, 5.74) is 6.47. The second-order valence-electron chi connectivity index (χ2n) is 3.99. The fourth-order valence-corrected chi connectivity index (χ4v) is 2.41. The standard InChI is InChI=1S/C11H16N4O2S/c1-15(8-4-2-3-5-8)10(16)7-18-11-14-13-9(6-12)17-11/h4H,2-3,5-7,12H2,1H3. The summed E-state index contributed by atoms with van der Waals surface area (Å²) < 4.78 is 5.22. The molecule has 18 heavy (non-hydrogen) atoms. The Balaban J connectivity index is 1.84. The predicted molar refractivity (Wildman–Crippen MR) is 67.6 cm³/mol. The van der Waals surface area contributed by atoms with Crippen LogP contribution in [0.4, 0.5) is 0 Å². The third-order valence-electron chi connectivity index (χ3n) is 2.76. The molecule has 0 bridgehead atoms. The maximum Gasteiger partial charge on any atom is 0.277 e. The van der Waals surface area contributed by atoms with E-state index in [1.165, 1.54) is 11.8 Å². The SMILES string of the molecule is CN(C(=O)CSc1nnc(CN)o1)C1=CCCC1. The van der Waals surface area contributed by atoms with Gasteiger partial charge in [0.25, 0.3) is 5.22 Å². The highest BCUT2D eigenvalue weighted by Gasteiger charge is 2.17. The number of hydrogen-bond acceptors (Lipinski definition) is 6. The first-order valence-electron chi connectivity index (χ1n) is 5.81. The van der Waals surface area contributed by atoms with Crippen LogP contribution in [0.15, 0.2) is 21.4 Å². The van der Waals surface area contributed by atoms with Gasteiger partial charge in [-0.2, -0.15) is 0 Å². The molecule has 0 saturated carbocycles. The number of rotatable bonds is 5. The van der Waals surface area contributed by atoms with Crippen LogP contribution in [0.3, 0.4) is 0 Å². The Kier molecular flexibility index (Phi) is 4.38. The zero-order chi connectivity index (χ0) is 13.0. The zero-order valence-electron chi connectivity index (χ0n) is 10.3. The van der Waals surface area contributed by atoms with E-state index in [0.717, 1.165) is 25.0 Å². The molecular formula is C11H16N4O2S. The molecule has 0 radical (unpaired) electrons. The van der Waals surface area contributed by atoms with Crippen LogP contribution in [0.5, 0.6) is 0 Å². The van der Waals surface area contributed by atoms with E-state index in [1.807, 2.05) is 0 Å².